The Balaban J connectivity index is 2.81. The van der Waals surface area contributed by atoms with Crippen LogP contribution in [0.2, 0.25) is 0 Å². The molecule has 1 atom stereocenters. The van der Waals surface area contributed by atoms with Gasteiger partial charge in [0, 0.05) is 13.6 Å². The number of carbonyl (C=O) groups is 1. The standard InChI is InChI=1S/C13H20N2O2/c1-3-17-12-7-5-4-6-10(12)8-11(9-14)13(16)15-2/h4-7,11H,3,8-9,14H2,1-2H3,(H,15,16). The van der Waals surface area contributed by atoms with E-state index < -0.39 is 0 Å². The van der Waals surface area contributed by atoms with Crippen LogP contribution in [0.15, 0.2) is 24.3 Å². The molecule has 3 N–H and O–H groups in total. The molecule has 0 saturated heterocycles. The minimum atomic E-state index is -0.207. The minimum Gasteiger partial charge on any atom is -0.494 e. The van der Waals surface area contributed by atoms with Crippen LogP contribution in [0, 0.1) is 5.92 Å². The van der Waals surface area contributed by atoms with Crippen molar-refractivity contribution < 1.29 is 9.53 Å². The second-order valence-corrected chi connectivity index (χ2v) is 3.79. The number of hydrogen-bond acceptors (Lipinski definition) is 3. The third kappa shape index (κ3) is 3.75. The molecule has 0 spiro atoms. The Morgan fingerprint density at radius 3 is 2.76 bits per heavy atom. The van der Waals surface area contributed by atoms with Crippen LogP contribution in [0.3, 0.4) is 0 Å². The van der Waals surface area contributed by atoms with E-state index in [-0.39, 0.29) is 11.8 Å². The van der Waals surface area contributed by atoms with Gasteiger partial charge >= 0.3 is 0 Å². The summed E-state index contributed by atoms with van der Waals surface area (Å²) in [5, 5.41) is 2.63. The van der Waals surface area contributed by atoms with E-state index in [0.29, 0.717) is 19.6 Å². The van der Waals surface area contributed by atoms with Crippen LogP contribution < -0.4 is 15.8 Å². The number of nitrogens with one attached hydrogen (secondary N) is 1. The lowest BCUT2D eigenvalue weighted by Gasteiger charge is -2.15. The fraction of sp³-hybridized carbons (Fsp3) is 0.462. The molecule has 1 amide bonds. The smallest absolute Gasteiger partial charge is 0.224 e. The first-order valence-electron chi connectivity index (χ1n) is 5.85. The van der Waals surface area contributed by atoms with Gasteiger partial charge in [-0.25, -0.2) is 0 Å². The van der Waals surface area contributed by atoms with Crippen LogP contribution in [-0.2, 0) is 11.2 Å². The van der Waals surface area contributed by atoms with Crippen LogP contribution in [0.1, 0.15) is 12.5 Å². The molecule has 0 fully saturated rings. The Labute approximate surface area is 102 Å². The lowest BCUT2D eigenvalue weighted by atomic mass is 9.98. The number of rotatable bonds is 6. The highest BCUT2D eigenvalue weighted by Gasteiger charge is 2.17. The van der Waals surface area contributed by atoms with Gasteiger partial charge in [-0.2, -0.15) is 0 Å². The number of ether oxygens (including phenoxy) is 1. The number of carbonyl (C=O) groups excluding carboxylic acids is 1. The zero-order valence-corrected chi connectivity index (χ0v) is 10.4. The van der Waals surface area contributed by atoms with Crippen molar-refractivity contribution in [3.63, 3.8) is 0 Å². The molecule has 1 aromatic carbocycles. The van der Waals surface area contributed by atoms with E-state index in [1.165, 1.54) is 0 Å². The summed E-state index contributed by atoms with van der Waals surface area (Å²) in [7, 11) is 1.62. The van der Waals surface area contributed by atoms with E-state index in [1.807, 2.05) is 31.2 Å². The molecule has 0 bridgehead atoms. The Morgan fingerprint density at radius 2 is 2.18 bits per heavy atom. The zero-order valence-electron chi connectivity index (χ0n) is 10.4. The second kappa shape index (κ2) is 6.91. The number of hydrogen-bond donors (Lipinski definition) is 2. The summed E-state index contributed by atoms with van der Waals surface area (Å²) in [5.74, 6) is 0.595. The summed E-state index contributed by atoms with van der Waals surface area (Å²) < 4.78 is 5.52. The Morgan fingerprint density at radius 1 is 1.47 bits per heavy atom. The normalized spacial score (nSPS) is 11.9. The Hall–Kier alpha value is -1.55. The van der Waals surface area contributed by atoms with Crippen LogP contribution in [-0.4, -0.2) is 26.1 Å². The maximum Gasteiger partial charge on any atom is 0.224 e. The largest absolute Gasteiger partial charge is 0.494 e. The van der Waals surface area contributed by atoms with E-state index in [4.69, 9.17) is 10.5 Å². The Kier molecular flexibility index (Phi) is 5.49. The monoisotopic (exact) mass is 236 g/mol. The predicted molar refractivity (Wildman–Crippen MR) is 67.9 cm³/mol. The molecule has 0 saturated carbocycles. The topological polar surface area (TPSA) is 64.3 Å². The fourth-order valence-corrected chi connectivity index (χ4v) is 1.72. The van der Waals surface area contributed by atoms with E-state index in [0.717, 1.165) is 11.3 Å². The molecule has 0 aliphatic heterocycles. The quantitative estimate of drug-likeness (QED) is 0.773. The van der Waals surface area contributed by atoms with Crippen LogP contribution in [0.4, 0.5) is 0 Å². The van der Waals surface area contributed by atoms with Crippen LogP contribution in [0.5, 0.6) is 5.75 Å². The molecular weight excluding hydrogens is 216 g/mol. The van der Waals surface area contributed by atoms with Crippen molar-refractivity contribution in [2.45, 2.75) is 13.3 Å². The minimum absolute atomic E-state index is 0.0289. The summed E-state index contributed by atoms with van der Waals surface area (Å²) in [6, 6.07) is 7.74. The van der Waals surface area contributed by atoms with Gasteiger partial charge in [-0.1, -0.05) is 18.2 Å². The van der Waals surface area contributed by atoms with Crippen molar-refractivity contribution in [1.82, 2.24) is 5.32 Å². The average Bonchev–Trinajstić information content (AvgIpc) is 2.37. The first-order valence-corrected chi connectivity index (χ1v) is 5.85. The van der Waals surface area contributed by atoms with Gasteiger partial charge in [-0.3, -0.25) is 4.79 Å². The van der Waals surface area contributed by atoms with Gasteiger partial charge in [0.25, 0.3) is 0 Å². The van der Waals surface area contributed by atoms with Crippen molar-refractivity contribution in [3.05, 3.63) is 29.8 Å². The Bertz CT molecular complexity index is 366. The molecule has 17 heavy (non-hydrogen) atoms. The second-order valence-electron chi connectivity index (χ2n) is 3.79. The molecule has 4 heteroatoms. The molecule has 0 aliphatic rings. The van der Waals surface area contributed by atoms with Gasteiger partial charge in [0.05, 0.1) is 12.5 Å². The molecule has 0 radical (unpaired) electrons. The fourth-order valence-electron chi connectivity index (χ4n) is 1.72. The first-order chi connectivity index (χ1) is 8.22. The van der Waals surface area contributed by atoms with Crippen molar-refractivity contribution >= 4 is 5.91 Å². The molecule has 0 aromatic heterocycles. The number of para-hydroxylation sites is 1. The van der Waals surface area contributed by atoms with Gasteiger partial charge < -0.3 is 15.8 Å². The number of benzene rings is 1. The van der Waals surface area contributed by atoms with Crippen molar-refractivity contribution in [3.8, 4) is 5.75 Å². The lowest BCUT2D eigenvalue weighted by Crippen LogP contribution is -2.34. The highest BCUT2D eigenvalue weighted by Crippen LogP contribution is 2.21. The number of nitrogens with two attached hydrogens (primary N) is 1. The van der Waals surface area contributed by atoms with Crippen molar-refractivity contribution in [1.29, 1.82) is 0 Å². The molecule has 1 rings (SSSR count). The van der Waals surface area contributed by atoms with Gasteiger partial charge in [0.1, 0.15) is 5.75 Å². The third-order valence-electron chi connectivity index (χ3n) is 2.64. The maximum atomic E-state index is 11.6. The molecule has 1 unspecified atom stereocenters. The van der Waals surface area contributed by atoms with Crippen molar-refractivity contribution in [2.24, 2.45) is 11.7 Å². The molecular formula is C13H20N2O2. The molecule has 4 nitrogen and oxygen atoms in total. The van der Waals surface area contributed by atoms with Crippen LogP contribution in [0.25, 0.3) is 0 Å². The van der Waals surface area contributed by atoms with Gasteiger partial charge in [0.2, 0.25) is 5.91 Å². The summed E-state index contributed by atoms with van der Waals surface area (Å²) >= 11 is 0. The SMILES string of the molecule is CCOc1ccccc1CC(CN)C(=O)NC. The average molecular weight is 236 g/mol. The number of amides is 1. The summed E-state index contributed by atoms with van der Waals surface area (Å²) in [5.41, 5.74) is 6.64. The third-order valence-corrected chi connectivity index (χ3v) is 2.64. The molecule has 1 aromatic rings. The summed E-state index contributed by atoms with van der Waals surface area (Å²) in [6.45, 7) is 2.89. The molecule has 94 valence electrons. The lowest BCUT2D eigenvalue weighted by molar-refractivity contribution is -0.124. The highest BCUT2D eigenvalue weighted by atomic mass is 16.5. The zero-order chi connectivity index (χ0) is 12.7. The molecule has 0 heterocycles. The first kappa shape index (κ1) is 13.5. The van der Waals surface area contributed by atoms with Crippen LogP contribution >= 0.6 is 0 Å². The summed E-state index contributed by atoms with van der Waals surface area (Å²) in [6.07, 6.45) is 0.604. The maximum absolute atomic E-state index is 11.6. The van der Waals surface area contributed by atoms with E-state index in [2.05, 4.69) is 5.32 Å². The molecule has 0 aliphatic carbocycles. The van der Waals surface area contributed by atoms with Gasteiger partial charge in [0.15, 0.2) is 0 Å². The van der Waals surface area contributed by atoms with Gasteiger partial charge in [-0.05, 0) is 25.0 Å². The van der Waals surface area contributed by atoms with Gasteiger partial charge in [-0.15, -0.1) is 0 Å². The van der Waals surface area contributed by atoms with E-state index in [1.54, 1.807) is 7.05 Å². The van der Waals surface area contributed by atoms with E-state index >= 15 is 0 Å². The van der Waals surface area contributed by atoms with E-state index in [9.17, 15) is 4.79 Å². The summed E-state index contributed by atoms with van der Waals surface area (Å²) in [4.78, 5) is 11.6. The predicted octanol–water partition coefficient (Wildman–Crippen LogP) is 0.949. The highest BCUT2D eigenvalue weighted by molar-refractivity contribution is 5.79. The van der Waals surface area contributed by atoms with Crippen molar-refractivity contribution in [2.75, 3.05) is 20.2 Å².